The minimum atomic E-state index is -1.82. The quantitative estimate of drug-likeness (QED) is 0.526. The molecule has 2 aliphatic rings. The largest absolute Gasteiger partial charge is 0.290 e. The molecular formula is C25H24N2O3. The Morgan fingerprint density at radius 3 is 2.13 bits per heavy atom. The summed E-state index contributed by atoms with van der Waals surface area (Å²) in [7, 11) is 0. The summed E-state index contributed by atoms with van der Waals surface area (Å²) in [4.78, 5) is 40.7. The number of rotatable bonds is 1. The SMILES string of the molecule is CC(C)=CC(=O)N1N=Cc2ccc(C(C)(C)C)cc2C12C(=O)c1ccccc1C2=O. The molecule has 0 unspecified atom stereocenters. The third kappa shape index (κ3) is 2.69. The van der Waals surface area contributed by atoms with E-state index >= 15 is 0 Å². The molecule has 4 rings (SSSR count). The van der Waals surface area contributed by atoms with Gasteiger partial charge in [0.1, 0.15) is 0 Å². The van der Waals surface area contributed by atoms with E-state index in [1.165, 1.54) is 6.08 Å². The van der Waals surface area contributed by atoms with Crippen molar-refractivity contribution in [2.45, 2.75) is 45.6 Å². The van der Waals surface area contributed by atoms with Crippen LogP contribution in [-0.2, 0) is 15.7 Å². The zero-order valence-electron chi connectivity index (χ0n) is 17.8. The maximum atomic E-state index is 13.8. The van der Waals surface area contributed by atoms with Gasteiger partial charge in [0.25, 0.3) is 5.91 Å². The summed E-state index contributed by atoms with van der Waals surface area (Å²) < 4.78 is 0. The monoisotopic (exact) mass is 400 g/mol. The van der Waals surface area contributed by atoms with Crippen molar-refractivity contribution in [2.24, 2.45) is 5.10 Å². The topological polar surface area (TPSA) is 66.8 Å². The number of hydrogen-bond donors (Lipinski definition) is 0. The van der Waals surface area contributed by atoms with E-state index in [1.807, 2.05) is 18.2 Å². The molecule has 30 heavy (non-hydrogen) atoms. The molecule has 0 saturated carbocycles. The van der Waals surface area contributed by atoms with E-state index in [1.54, 1.807) is 44.3 Å². The fourth-order valence-electron chi connectivity index (χ4n) is 4.11. The second kappa shape index (κ2) is 6.59. The Bertz CT molecular complexity index is 1130. The molecule has 5 heteroatoms. The first-order valence-electron chi connectivity index (χ1n) is 9.95. The van der Waals surface area contributed by atoms with E-state index in [0.29, 0.717) is 22.3 Å². The van der Waals surface area contributed by atoms with Crippen LogP contribution in [0.3, 0.4) is 0 Å². The van der Waals surface area contributed by atoms with Crippen molar-refractivity contribution >= 4 is 23.7 Å². The molecule has 152 valence electrons. The summed E-state index contributed by atoms with van der Waals surface area (Å²) in [6.45, 7) is 9.78. The molecule has 1 aliphatic heterocycles. The summed E-state index contributed by atoms with van der Waals surface area (Å²) in [5, 5.41) is 5.38. The van der Waals surface area contributed by atoms with Crippen molar-refractivity contribution in [2.75, 3.05) is 0 Å². The van der Waals surface area contributed by atoms with Crippen LogP contribution in [0.5, 0.6) is 0 Å². The Balaban J connectivity index is 2.05. The van der Waals surface area contributed by atoms with Crippen LogP contribution in [0.15, 0.2) is 59.2 Å². The van der Waals surface area contributed by atoms with Gasteiger partial charge in [-0.2, -0.15) is 5.10 Å². The number of hydrazone groups is 1. The van der Waals surface area contributed by atoms with Gasteiger partial charge < -0.3 is 0 Å². The van der Waals surface area contributed by atoms with Crippen molar-refractivity contribution in [3.8, 4) is 0 Å². The first-order chi connectivity index (χ1) is 14.1. The molecule has 0 atom stereocenters. The van der Waals surface area contributed by atoms with E-state index in [2.05, 4.69) is 25.9 Å². The van der Waals surface area contributed by atoms with Gasteiger partial charge in [-0.1, -0.05) is 68.8 Å². The standard InChI is InChI=1S/C25H24N2O3/c1-15(2)12-21(28)27-25(22(29)18-8-6-7-9-19(18)23(25)30)20-13-17(24(3,4)5)11-10-16(20)14-26-27/h6-14H,1-5H3. The normalized spacial score (nSPS) is 16.5. The molecule has 5 nitrogen and oxygen atoms in total. The van der Waals surface area contributed by atoms with E-state index in [9.17, 15) is 14.4 Å². The van der Waals surface area contributed by atoms with Crippen molar-refractivity contribution < 1.29 is 14.4 Å². The van der Waals surface area contributed by atoms with Crippen LogP contribution in [0.25, 0.3) is 0 Å². The van der Waals surface area contributed by atoms with E-state index in [-0.39, 0.29) is 5.41 Å². The van der Waals surface area contributed by atoms with Gasteiger partial charge in [-0.25, -0.2) is 5.01 Å². The van der Waals surface area contributed by atoms with Crippen LogP contribution < -0.4 is 0 Å². The minimum Gasteiger partial charge on any atom is -0.290 e. The molecule has 1 spiro atoms. The zero-order chi connectivity index (χ0) is 21.8. The number of nitrogens with zero attached hydrogens (tertiary/aromatic N) is 2. The number of carbonyl (C=O) groups is 3. The lowest BCUT2D eigenvalue weighted by molar-refractivity contribution is -0.130. The van der Waals surface area contributed by atoms with Crippen molar-refractivity contribution in [1.29, 1.82) is 0 Å². The van der Waals surface area contributed by atoms with Crippen LogP contribution in [0.4, 0.5) is 0 Å². The molecule has 0 radical (unpaired) electrons. The van der Waals surface area contributed by atoms with Gasteiger partial charge in [0.05, 0.1) is 6.21 Å². The first kappa shape index (κ1) is 20.0. The number of benzene rings is 2. The molecule has 2 aromatic carbocycles. The molecule has 0 N–H and O–H groups in total. The second-order valence-corrected chi connectivity index (χ2v) is 9.08. The number of fused-ring (bicyclic) bond motifs is 3. The highest BCUT2D eigenvalue weighted by Crippen LogP contribution is 2.46. The van der Waals surface area contributed by atoms with Gasteiger partial charge in [0.2, 0.25) is 17.1 Å². The van der Waals surface area contributed by atoms with Crippen LogP contribution in [0.2, 0.25) is 0 Å². The van der Waals surface area contributed by atoms with Crippen molar-refractivity contribution in [3.05, 3.63) is 81.9 Å². The van der Waals surface area contributed by atoms with Crippen molar-refractivity contribution in [1.82, 2.24) is 5.01 Å². The minimum absolute atomic E-state index is 0.197. The summed E-state index contributed by atoms with van der Waals surface area (Å²) in [5.74, 6) is -1.32. The summed E-state index contributed by atoms with van der Waals surface area (Å²) in [5.41, 5.74) is 1.53. The lowest BCUT2D eigenvalue weighted by atomic mass is 9.76. The number of carbonyl (C=O) groups excluding carboxylic acids is 3. The average molecular weight is 400 g/mol. The fraction of sp³-hybridized carbons (Fsp3) is 0.280. The Morgan fingerprint density at radius 1 is 1.00 bits per heavy atom. The Morgan fingerprint density at radius 2 is 1.60 bits per heavy atom. The molecule has 1 heterocycles. The van der Waals surface area contributed by atoms with Gasteiger partial charge in [-0.05, 0) is 24.8 Å². The lowest BCUT2D eigenvalue weighted by Gasteiger charge is -2.38. The van der Waals surface area contributed by atoms with Crippen LogP contribution in [0, 0.1) is 0 Å². The van der Waals surface area contributed by atoms with Gasteiger partial charge in [0, 0.05) is 28.3 Å². The smallest absolute Gasteiger partial charge is 0.268 e. The highest BCUT2D eigenvalue weighted by atomic mass is 16.2. The van der Waals surface area contributed by atoms with E-state index < -0.39 is 23.0 Å². The zero-order valence-corrected chi connectivity index (χ0v) is 17.8. The molecule has 2 aromatic rings. The number of allylic oxidation sites excluding steroid dienone is 1. The maximum absolute atomic E-state index is 13.8. The predicted molar refractivity (Wildman–Crippen MR) is 116 cm³/mol. The number of hydrogen-bond acceptors (Lipinski definition) is 4. The fourth-order valence-corrected chi connectivity index (χ4v) is 4.11. The van der Waals surface area contributed by atoms with Crippen molar-refractivity contribution in [3.63, 3.8) is 0 Å². The van der Waals surface area contributed by atoms with E-state index in [4.69, 9.17) is 0 Å². The van der Waals surface area contributed by atoms with Crippen LogP contribution >= 0.6 is 0 Å². The Hall–Kier alpha value is -3.34. The molecule has 1 aliphatic carbocycles. The molecule has 0 aromatic heterocycles. The Labute approximate surface area is 176 Å². The molecule has 0 bridgehead atoms. The highest BCUT2D eigenvalue weighted by Gasteiger charge is 2.61. The third-order valence-corrected chi connectivity index (χ3v) is 5.63. The number of ketones is 2. The molecule has 0 fully saturated rings. The average Bonchev–Trinajstić information content (AvgIpc) is 2.90. The number of amides is 1. The third-order valence-electron chi connectivity index (χ3n) is 5.63. The predicted octanol–water partition coefficient (Wildman–Crippen LogP) is 4.40. The van der Waals surface area contributed by atoms with Crippen LogP contribution in [-0.4, -0.2) is 28.7 Å². The summed E-state index contributed by atoms with van der Waals surface area (Å²) in [6, 6.07) is 12.5. The van der Waals surface area contributed by atoms with Crippen LogP contribution in [0.1, 0.15) is 72.0 Å². The first-order valence-corrected chi connectivity index (χ1v) is 9.95. The van der Waals surface area contributed by atoms with Gasteiger partial charge in [0.15, 0.2) is 0 Å². The molecule has 1 amide bonds. The Kier molecular flexibility index (Phi) is 4.38. The lowest BCUT2D eigenvalue weighted by Crippen LogP contribution is -2.56. The van der Waals surface area contributed by atoms with Gasteiger partial charge >= 0.3 is 0 Å². The van der Waals surface area contributed by atoms with Gasteiger partial charge in [-0.15, -0.1) is 0 Å². The second-order valence-electron chi connectivity index (χ2n) is 9.08. The summed E-state index contributed by atoms with van der Waals surface area (Å²) in [6.07, 6.45) is 2.95. The molecular weight excluding hydrogens is 376 g/mol. The highest BCUT2D eigenvalue weighted by molar-refractivity contribution is 6.34. The summed E-state index contributed by atoms with van der Waals surface area (Å²) >= 11 is 0. The maximum Gasteiger partial charge on any atom is 0.268 e. The van der Waals surface area contributed by atoms with Gasteiger partial charge in [-0.3, -0.25) is 14.4 Å². The molecule has 0 saturated heterocycles. The number of Topliss-reactive ketones (excluding diaryl/α,β-unsaturated/α-hetero) is 2. The van der Waals surface area contributed by atoms with E-state index in [0.717, 1.165) is 16.1 Å².